The van der Waals surface area contributed by atoms with E-state index in [9.17, 15) is 4.79 Å². The molecule has 0 saturated carbocycles. The summed E-state index contributed by atoms with van der Waals surface area (Å²) in [6, 6.07) is 7.81. The topological polar surface area (TPSA) is 63.9 Å². The second kappa shape index (κ2) is 7.18. The summed E-state index contributed by atoms with van der Waals surface area (Å²) < 4.78 is 1.64. The van der Waals surface area contributed by atoms with E-state index in [-0.39, 0.29) is 27.2 Å². The van der Waals surface area contributed by atoms with Gasteiger partial charge >= 0.3 is 0 Å². The van der Waals surface area contributed by atoms with Crippen LogP contribution in [0.15, 0.2) is 35.5 Å². The van der Waals surface area contributed by atoms with Crippen LogP contribution >= 0.6 is 35.6 Å². The first-order valence-electron chi connectivity index (χ1n) is 9.32. The lowest BCUT2D eigenvalue weighted by atomic mass is 9.86. The summed E-state index contributed by atoms with van der Waals surface area (Å²) in [6.45, 7) is 8.40. The van der Waals surface area contributed by atoms with Gasteiger partial charge in [0.05, 0.1) is 10.9 Å². The molecule has 2 aliphatic rings. The van der Waals surface area contributed by atoms with Crippen molar-refractivity contribution in [3.8, 4) is 0 Å². The molecule has 6 nitrogen and oxygen atoms in total. The van der Waals surface area contributed by atoms with E-state index in [0.717, 1.165) is 5.57 Å². The van der Waals surface area contributed by atoms with Gasteiger partial charge in [-0.05, 0) is 33.9 Å². The van der Waals surface area contributed by atoms with E-state index in [4.69, 9.17) is 23.8 Å². The molecule has 0 amide bonds. The Labute approximate surface area is 184 Å². The molecule has 1 fully saturated rings. The standard InChI is InChI=1S/C20H22ClN5OS2/c1-10-14(15(27)11-6-8-12(9-7-11)20(2,3)4)26-18(28)13(21)19(26)29-16(10)17-22-23-24-25(17)5/h6-9,13,16,19H,1-5H3/t13-,16?,19+/m0/s1. The van der Waals surface area contributed by atoms with E-state index in [0.29, 0.717) is 22.1 Å². The number of benzene rings is 1. The minimum Gasteiger partial charge on any atom is -0.317 e. The molecule has 9 heteroatoms. The van der Waals surface area contributed by atoms with Gasteiger partial charge in [0.2, 0.25) is 5.78 Å². The van der Waals surface area contributed by atoms with Crippen LogP contribution in [-0.4, -0.2) is 46.6 Å². The van der Waals surface area contributed by atoms with Crippen LogP contribution in [-0.2, 0) is 12.5 Å². The molecule has 0 N–H and O–H groups in total. The van der Waals surface area contributed by atoms with Gasteiger partial charge in [0, 0.05) is 12.6 Å². The summed E-state index contributed by atoms with van der Waals surface area (Å²) >= 11 is 13.6. The third kappa shape index (κ3) is 3.31. The highest BCUT2D eigenvalue weighted by Gasteiger charge is 2.52. The number of Topliss-reactive ketones (excluding diaryl/α,β-unsaturated/α-hetero) is 1. The van der Waals surface area contributed by atoms with Crippen LogP contribution in [0.2, 0.25) is 0 Å². The van der Waals surface area contributed by atoms with E-state index in [2.05, 4.69) is 36.3 Å². The predicted molar refractivity (Wildman–Crippen MR) is 119 cm³/mol. The Kier molecular flexibility index (Phi) is 5.07. The highest BCUT2D eigenvalue weighted by molar-refractivity contribution is 8.00. The number of aryl methyl sites for hydroxylation is 1. The summed E-state index contributed by atoms with van der Waals surface area (Å²) in [6.07, 6.45) is 0. The number of carbonyl (C=O) groups is 1. The largest absolute Gasteiger partial charge is 0.317 e. The summed E-state index contributed by atoms with van der Waals surface area (Å²) in [5, 5.41) is 11.3. The number of thioether (sulfide) groups is 1. The van der Waals surface area contributed by atoms with Crippen LogP contribution in [0.5, 0.6) is 0 Å². The number of ketones is 1. The number of aromatic nitrogens is 4. The number of thiocarbonyl (C=S) groups is 1. The number of alkyl halides is 1. The normalized spacial score (nSPS) is 24.4. The van der Waals surface area contributed by atoms with Gasteiger partial charge in [-0.15, -0.1) is 28.5 Å². The Morgan fingerprint density at radius 2 is 1.90 bits per heavy atom. The second-order valence-electron chi connectivity index (χ2n) is 8.37. The van der Waals surface area contributed by atoms with Crippen molar-refractivity contribution in [3.63, 3.8) is 0 Å². The highest BCUT2D eigenvalue weighted by Crippen LogP contribution is 2.52. The number of fused-ring (bicyclic) bond motifs is 1. The molecule has 0 radical (unpaired) electrons. The van der Waals surface area contributed by atoms with Crippen molar-refractivity contribution < 1.29 is 4.79 Å². The van der Waals surface area contributed by atoms with E-state index in [1.54, 1.807) is 23.5 Å². The van der Waals surface area contributed by atoms with Crippen molar-refractivity contribution in [2.24, 2.45) is 7.05 Å². The fourth-order valence-corrected chi connectivity index (χ4v) is 6.02. The van der Waals surface area contributed by atoms with E-state index in [1.807, 2.05) is 36.1 Å². The van der Waals surface area contributed by atoms with Crippen LogP contribution < -0.4 is 0 Å². The summed E-state index contributed by atoms with van der Waals surface area (Å²) in [5.74, 6) is 0.640. The quantitative estimate of drug-likeness (QED) is 0.400. The fraction of sp³-hybridized carbons (Fsp3) is 0.450. The van der Waals surface area contributed by atoms with Gasteiger partial charge < -0.3 is 4.90 Å². The van der Waals surface area contributed by atoms with Crippen molar-refractivity contribution in [1.82, 2.24) is 25.1 Å². The first-order valence-corrected chi connectivity index (χ1v) is 11.1. The van der Waals surface area contributed by atoms with Crippen LogP contribution in [0, 0.1) is 0 Å². The number of halogens is 1. The second-order valence-corrected chi connectivity index (χ2v) is 10.5. The number of rotatable bonds is 3. The maximum absolute atomic E-state index is 13.5. The molecule has 0 bridgehead atoms. The van der Waals surface area contributed by atoms with E-state index in [1.165, 1.54) is 5.56 Å². The maximum Gasteiger partial charge on any atom is 0.209 e. The molecule has 152 valence electrons. The lowest BCUT2D eigenvalue weighted by molar-refractivity contribution is 0.0996. The van der Waals surface area contributed by atoms with Gasteiger partial charge in [0.25, 0.3) is 0 Å². The van der Waals surface area contributed by atoms with Gasteiger partial charge in [-0.1, -0.05) is 57.3 Å². The van der Waals surface area contributed by atoms with Crippen molar-refractivity contribution >= 4 is 46.4 Å². The van der Waals surface area contributed by atoms with Crippen molar-refractivity contribution in [1.29, 1.82) is 0 Å². The Balaban J connectivity index is 1.77. The molecule has 1 aromatic heterocycles. The number of hydrogen-bond donors (Lipinski definition) is 0. The highest BCUT2D eigenvalue weighted by atomic mass is 35.5. The lowest BCUT2D eigenvalue weighted by Gasteiger charge is -2.51. The SMILES string of the molecule is CC1=C(C(=O)c2ccc(C(C)(C)C)cc2)N2C(=S)[C@H](Cl)[C@H]2SC1c1nnnn1C. The fourth-order valence-electron chi connectivity index (χ4n) is 3.61. The van der Waals surface area contributed by atoms with Crippen LogP contribution in [0.1, 0.15) is 54.7 Å². The molecule has 1 aromatic carbocycles. The van der Waals surface area contributed by atoms with Gasteiger partial charge in [0.1, 0.15) is 15.7 Å². The lowest BCUT2D eigenvalue weighted by Crippen LogP contribution is -2.61. The predicted octanol–water partition coefficient (Wildman–Crippen LogP) is 4.03. The average Bonchev–Trinajstić information content (AvgIpc) is 3.11. The molecule has 2 aromatic rings. The molecule has 0 aliphatic carbocycles. The van der Waals surface area contributed by atoms with Gasteiger partial charge in [-0.3, -0.25) is 4.79 Å². The summed E-state index contributed by atoms with van der Waals surface area (Å²) in [5.41, 5.74) is 3.32. The van der Waals surface area contributed by atoms with Crippen LogP contribution in [0.4, 0.5) is 0 Å². The first kappa shape index (κ1) is 20.5. The minimum atomic E-state index is -0.294. The molecule has 29 heavy (non-hydrogen) atoms. The molecule has 3 atom stereocenters. The summed E-state index contributed by atoms with van der Waals surface area (Å²) in [4.78, 5) is 16.0. The molecule has 1 unspecified atom stereocenters. The Bertz CT molecular complexity index is 1020. The molecular formula is C20H22ClN5OS2. The number of carbonyl (C=O) groups excluding carboxylic acids is 1. The maximum atomic E-state index is 13.5. The van der Waals surface area contributed by atoms with E-state index < -0.39 is 0 Å². The molecular weight excluding hydrogens is 426 g/mol. The molecule has 2 aliphatic heterocycles. The number of nitrogens with zero attached hydrogens (tertiary/aromatic N) is 5. The smallest absolute Gasteiger partial charge is 0.209 e. The molecule has 0 spiro atoms. The number of allylic oxidation sites excluding steroid dienone is 1. The third-order valence-corrected chi connectivity index (χ3v) is 8.15. The third-order valence-electron chi connectivity index (χ3n) is 5.38. The first-order chi connectivity index (χ1) is 13.6. The Hall–Kier alpha value is -1.77. The average molecular weight is 448 g/mol. The Morgan fingerprint density at radius 3 is 2.45 bits per heavy atom. The van der Waals surface area contributed by atoms with Gasteiger partial charge in [-0.2, -0.15) is 0 Å². The zero-order chi connectivity index (χ0) is 21.1. The molecule has 1 saturated heterocycles. The van der Waals surface area contributed by atoms with Crippen molar-refractivity contribution in [2.75, 3.05) is 0 Å². The number of tetrazole rings is 1. The monoisotopic (exact) mass is 447 g/mol. The van der Waals surface area contributed by atoms with E-state index >= 15 is 0 Å². The minimum absolute atomic E-state index is 0.0253. The Morgan fingerprint density at radius 1 is 1.24 bits per heavy atom. The molecule has 3 heterocycles. The van der Waals surface area contributed by atoms with Gasteiger partial charge in [-0.25, -0.2) is 4.68 Å². The zero-order valence-corrected chi connectivity index (χ0v) is 19.3. The summed E-state index contributed by atoms with van der Waals surface area (Å²) in [7, 11) is 1.80. The van der Waals surface area contributed by atoms with Crippen LogP contribution in [0.25, 0.3) is 0 Å². The van der Waals surface area contributed by atoms with Crippen molar-refractivity contribution in [3.05, 3.63) is 52.5 Å². The van der Waals surface area contributed by atoms with Crippen molar-refractivity contribution in [2.45, 2.75) is 49.1 Å². The van der Waals surface area contributed by atoms with Crippen LogP contribution in [0.3, 0.4) is 0 Å². The number of hydrogen-bond acceptors (Lipinski definition) is 6. The zero-order valence-electron chi connectivity index (χ0n) is 16.9. The van der Waals surface area contributed by atoms with Gasteiger partial charge in [0.15, 0.2) is 5.82 Å². The molecule has 4 rings (SSSR count).